The van der Waals surface area contributed by atoms with Crippen molar-refractivity contribution in [1.29, 1.82) is 0 Å². The molecule has 0 fully saturated rings. The number of allylic oxidation sites excluding steroid dienone is 1. The third kappa shape index (κ3) is 4.35. The first-order chi connectivity index (χ1) is 17.5. The van der Waals surface area contributed by atoms with Gasteiger partial charge in [-0.15, -0.1) is 0 Å². The molecule has 0 unspecified atom stereocenters. The Balaban J connectivity index is 1.25. The Morgan fingerprint density at radius 3 is 2.64 bits per heavy atom. The molecule has 0 saturated heterocycles. The lowest BCUT2D eigenvalue weighted by Gasteiger charge is -2.30. The van der Waals surface area contributed by atoms with E-state index in [1.165, 1.54) is 5.56 Å². The van der Waals surface area contributed by atoms with Crippen LogP contribution < -0.4 is 14.2 Å². The molecule has 8 heteroatoms. The predicted molar refractivity (Wildman–Crippen MR) is 137 cm³/mol. The molecule has 0 atom stereocenters. The van der Waals surface area contributed by atoms with E-state index in [9.17, 15) is 4.79 Å². The predicted octanol–water partition coefficient (Wildman–Crippen LogP) is 6.18. The highest BCUT2D eigenvalue weighted by molar-refractivity contribution is 6.31. The Morgan fingerprint density at radius 2 is 1.81 bits per heavy atom. The molecule has 6 rings (SSSR count). The molecule has 0 radical (unpaired) electrons. The first kappa shape index (κ1) is 23.4. The average molecular weight is 524 g/mol. The molecule has 3 aliphatic heterocycles. The maximum atomic E-state index is 13.4. The van der Waals surface area contributed by atoms with Crippen LogP contribution in [0.4, 0.5) is 0 Å². The minimum Gasteiger partial charge on any atom is -0.477 e. The SMILES string of the molecule is Cc1c2c(cc3c1O/C(=C\c1cc(Cl)cc4c1OCOC4)C3=O)CN(CCc1ccc(Cl)cc1)CO2. The maximum absolute atomic E-state index is 13.4. The van der Waals surface area contributed by atoms with Crippen molar-refractivity contribution in [2.45, 2.75) is 26.5 Å². The number of ketones is 1. The molecule has 6 nitrogen and oxygen atoms in total. The van der Waals surface area contributed by atoms with Crippen molar-refractivity contribution < 1.29 is 23.7 Å². The zero-order chi connectivity index (χ0) is 24.8. The monoisotopic (exact) mass is 523 g/mol. The van der Waals surface area contributed by atoms with Crippen LogP contribution in [0.2, 0.25) is 10.0 Å². The van der Waals surface area contributed by atoms with Crippen molar-refractivity contribution in [3.63, 3.8) is 0 Å². The van der Waals surface area contributed by atoms with E-state index < -0.39 is 0 Å². The number of fused-ring (bicyclic) bond motifs is 3. The van der Waals surface area contributed by atoms with Crippen molar-refractivity contribution in [1.82, 2.24) is 4.90 Å². The van der Waals surface area contributed by atoms with Gasteiger partial charge in [0, 0.05) is 45.4 Å². The second kappa shape index (κ2) is 9.45. The molecule has 0 bridgehead atoms. The Labute approximate surface area is 218 Å². The molecule has 184 valence electrons. The van der Waals surface area contributed by atoms with Crippen LogP contribution >= 0.6 is 23.2 Å². The summed E-state index contributed by atoms with van der Waals surface area (Å²) in [6, 6.07) is 13.3. The van der Waals surface area contributed by atoms with Crippen LogP contribution in [0.25, 0.3) is 6.08 Å². The van der Waals surface area contributed by atoms with E-state index in [0.29, 0.717) is 47.5 Å². The Morgan fingerprint density at radius 1 is 0.972 bits per heavy atom. The minimum absolute atomic E-state index is 0.150. The number of carbonyl (C=O) groups is 1. The van der Waals surface area contributed by atoms with Crippen LogP contribution in [0, 0.1) is 6.92 Å². The molecule has 3 aromatic carbocycles. The van der Waals surface area contributed by atoms with Crippen molar-refractivity contribution in [3.8, 4) is 17.2 Å². The van der Waals surface area contributed by atoms with Crippen molar-refractivity contribution in [2.24, 2.45) is 0 Å². The first-order valence-electron chi connectivity index (χ1n) is 11.7. The summed E-state index contributed by atoms with van der Waals surface area (Å²) < 4.78 is 23.2. The van der Waals surface area contributed by atoms with Gasteiger partial charge in [0.05, 0.1) is 12.2 Å². The lowest BCUT2D eigenvalue weighted by Crippen LogP contribution is -2.34. The summed E-state index contributed by atoms with van der Waals surface area (Å²) in [7, 11) is 0. The van der Waals surface area contributed by atoms with Gasteiger partial charge in [0.2, 0.25) is 5.78 Å². The molecule has 3 aliphatic rings. The van der Waals surface area contributed by atoms with E-state index >= 15 is 0 Å². The number of halogens is 2. The van der Waals surface area contributed by atoms with Gasteiger partial charge in [-0.05, 0) is 55.3 Å². The Bertz CT molecular complexity index is 1400. The third-order valence-electron chi connectivity index (χ3n) is 6.62. The van der Waals surface area contributed by atoms with Gasteiger partial charge in [-0.2, -0.15) is 0 Å². The number of Topliss-reactive ketones (excluding diaryl/α,β-unsaturated/α-hetero) is 1. The Hall–Kier alpha value is -3.03. The number of nitrogens with zero attached hydrogens (tertiary/aromatic N) is 1. The molecule has 0 amide bonds. The minimum atomic E-state index is -0.171. The highest BCUT2D eigenvalue weighted by Gasteiger charge is 2.34. The third-order valence-corrected chi connectivity index (χ3v) is 7.09. The number of ether oxygens (including phenoxy) is 4. The van der Waals surface area contributed by atoms with Crippen LogP contribution in [-0.4, -0.2) is 30.8 Å². The van der Waals surface area contributed by atoms with Gasteiger partial charge in [0.15, 0.2) is 12.6 Å². The van der Waals surface area contributed by atoms with Crippen molar-refractivity contribution in [3.05, 3.63) is 91.6 Å². The first-order valence-corrected chi connectivity index (χ1v) is 12.4. The summed E-state index contributed by atoms with van der Waals surface area (Å²) in [6.45, 7) is 4.48. The molecular formula is C28H23Cl2NO5. The fourth-order valence-corrected chi connectivity index (χ4v) is 5.21. The molecule has 0 aliphatic carbocycles. The standard InChI is InChI=1S/C28H23Cl2NO5/c1-16-26-19(12-31(14-34-26)7-6-17-2-4-21(29)5-3-17)10-23-25(32)24(36-27(16)23)11-18-8-22(30)9-20-13-33-15-35-28(18)20/h2-5,8-11H,6-7,12-15H2,1H3/b24-11-. The number of benzene rings is 3. The molecular weight excluding hydrogens is 501 g/mol. The summed E-state index contributed by atoms with van der Waals surface area (Å²) in [5.74, 6) is 2.04. The zero-order valence-electron chi connectivity index (χ0n) is 19.6. The molecule has 0 N–H and O–H groups in total. The van der Waals surface area contributed by atoms with Crippen LogP contribution in [-0.2, 0) is 24.3 Å². The van der Waals surface area contributed by atoms with Gasteiger partial charge in [0.1, 0.15) is 24.0 Å². The van der Waals surface area contributed by atoms with E-state index in [1.807, 2.05) is 37.3 Å². The van der Waals surface area contributed by atoms with Crippen LogP contribution in [0.5, 0.6) is 17.2 Å². The second-order valence-corrected chi connectivity index (χ2v) is 9.98. The van der Waals surface area contributed by atoms with Gasteiger partial charge < -0.3 is 18.9 Å². The van der Waals surface area contributed by atoms with E-state index in [1.54, 1.807) is 18.2 Å². The fourth-order valence-electron chi connectivity index (χ4n) is 4.84. The highest BCUT2D eigenvalue weighted by Crippen LogP contribution is 2.44. The van der Waals surface area contributed by atoms with E-state index in [0.717, 1.165) is 40.4 Å². The topological polar surface area (TPSA) is 57.2 Å². The maximum Gasteiger partial charge on any atom is 0.231 e. The van der Waals surface area contributed by atoms with Crippen LogP contribution in [0.3, 0.4) is 0 Å². The number of carbonyl (C=O) groups excluding carboxylic acids is 1. The van der Waals surface area contributed by atoms with Crippen LogP contribution in [0.15, 0.2) is 48.2 Å². The van der Waals surface area contributed by atoms with Crippen molar-refractivity contribution >= 4 is 35.1 Å². The largest absolute Gasteiger partial charge is 0.477 e. The average Bonchev–Trinajstić information content (AvgIpc) is 3.19. The van der Waals surface area contributed by atoms with E-state index in [2.05, 4.69) is 4.90 Å². The smallest absolute Gasteiger partial charge is 0.231 e. The molecule has 3 aromatic rings. The van der Waals surface area contributed by atoms with Crippen LogP contribution in [0.1, 0.15) is 38.2 Å². The summed E-state index contributed by atoms with van der Waals surface area (Å²) in [6.07, 6.45) is 2.57. The second-order valence-electron chi connectivity index (χ2n) is 9.10. The molecule has 36 heavy (non-hydrogen) atoms. The van der Waals surface area contributed by atoms with Crippen molar-refractivity contribution in [2.75, 3.05) is 20.1 Å². The molecule has 0 aromatic heterocycles. The number of hydrogen-bond acceptors (Lipinski definition) is 6. The molecule has 3 heterocycles. The van der Waals surface area contributed by atoms with Gasteiger partial charge in [-0.1, -0.05) is 35.3 Å². The lowest BCUT2D eigenvalue weighted by atomic mass is 9.99. The number of hydrogen-bond donors (Lipinski definition) is 0. The lowest BCUT2D eigenvalue weighted by molar-refractivity contribution is -0.0165. The molecule has 0 saturated carbocycles. The summed E-state index contributed by atoms with van der Waals surface area (Å²) in [4.78, 5) is 15.6. The van der Waals surface area contributed by atoms with Gasteiger partial charge in [-0.3, -0.25) is 9.69 Å². The summed E-state index contributed by atoms with van der Waals surface area (Å²) in [5.41, 5.74) is 5.08. The van der Waals surface area contributed by atoms with E-state index in [4.69, 9.17) is 42.1 Å². The zero-order valence-corrected chi connectivity index (χ0v) is 21.1. The number of rotatable bonds is 4. The summed E-state index contributed by atoms with van der Waals surface area (Å²) in [5, 5.41) is 1.27. The fraction of sp³-hybridized carbons (Fsp3) is 0.250. The molecule has 0 spiro atoms. The van der Waals surface area contributed by atoms with Gasteiger partial charge in [0.25, 0.3) is 0 Å². The summed E-state index contributed by atoms with van der Waals surface area (Å²) >= 11 is 12.3. The Kier molecular flexibility index (Phi) is 6.13. The van der Waals surface area contributed by atoms with E-state index in [-0.39, 0.29) is 18.3 Å². The quantitative estimate of drug-likeness (QED) is 0.380. The van der Waals surface area contributed by atoms with Gasteiger partial charge in [-0.25, -0.2) is 0 Å². The highest BCUT2D eigenvalue weighted by atomic mass is 35.5. The normalized spacial score (nSPS) is 17.6. The van der Waals surface area contributed by atoms with Gasteiger partial charge >= 0.3 is 0 Å².